The van der Waals surface area contributed by atoms with Crippen molar-refractivity contribution < 1.29 is 31.0 Å². The molecule has 0 atom stereocenters. The molecule has 0 aliphatic rings. The number of fused-ring (bicyclic) bond motifs is 2. The number of rotatable bonds is 4. The van der Waals surface area contributed by atoms with Gasteiger partial charge in [-0.2, -0.15) is 16.8 Å². The molecule has 4 rings (SSSR count). The van der Waals surface area contributed by atoms with Crippen molar-refractivity contribution in [1.29, 1.82) is 0 Å². The molecule has 31 heavy (non-hydrogen) atoms. The van der Waals surface area contributed by atoms with E-state index in [2.05, 4.69) is 10.2 Å². The van der Waals surface area contributed by atoms with Crippen molar-refractivity contribution in [3.05, 3.63) is 66.7 Å². The quantitative estimate of drug-likeness (QED) is 0.298. The van der Waals surface area contributed by atoms with Gasteiger partial charge in [-0.1, -0.05) is 36.4 Å². The van der Waals surface area contributed by atoms with Gasteiger partial charge >= 0.3 is 0 Å². The summed E-state index contributed by atoms with van der Waals surface area (Å²) in [6, 6.07) is 16.0. The topological polar surface area (TPSA) is 154 Å². The molecule has 0 aromatic heterocycles. The minimum Gasteiger partial charge on any atom is -0.506 e. The molecule has 0 radical (unpaired) electrons. The molecule has 4 aromatic rings. The van der Waals surface area contributed by atoms with Crippen molar-refractivity contribution in [2.75, 3.05) is 0 Å². The van der Waals surface area contributed by atoms with Crippen LogP contribution in [-0.4, -0.2) is 31.0 Å². The van der Waals surface area contributed by atoms with Crippen molar-refractivity contribution in [3.63, 3.8) is 0 Å². The molecule has 0 fully saturated rings. The molecule has 0 heterocycles. The molecule has 0 bridgehead atoms. The van der Waals surface area contributed by atoms with E-state index in [0.29, 0.717) is 5.39 Å². The second-order valence-corrected chi connectivity index (χ2v) is 9.44. The lowest BCUT2D eigenvalue weighted by atomic mass is 10.1. The number of phenols is 1. The van der Waals surface area contributed by atoms with E-state index in [1.807, 2.05) is 0 Å². The third kappa shape index (κ3) is 4.11. The first kappa shape index (κ1) is 20.9. The van der Waals surface area contributed by atoms with Crippen LogP contribution in [0, 0.1) is 0 Å². The van der Waals surface area contributed by atoms with Crippen molar-refractivity contribution in [2.24, 2.45) is 10.2 Å². The Kier molecular flexibility index (Phi) is 4.98. The number of benzene rings is 4. The van der Waals surface area contributed by atoms with Gasteiger partial charge in [-0.25, -0.2) is 0 Å². The fourth-order valence-corrected chi connectivity index (χ4v) is 4.30. The second kappa shape index (κ2) is 7.39. The van der Waals surface area contributed by atoms with Gasteiger partial charge in [0, 0.05) is 5.39 Å². The van der Waals surface area contributed by atoms with E-state index in [1.54, 1.807) is 30.3 Å². The van der Waals surface area contributed by atoms with Crippen LogP contribution in [-0.2, 0) is 20.2 Å². The van der Waals surface area contributed by atoms with Crippen molar-refractivity contribution in [3.8, 4) is 5.75 Å². The van der Waals surface area contributed by atoms with Crippen LogP contribution in [0.5, 0.6) is 5.75 Å². The number of phenolic OH excluding ortho intramolecular Hbond substituents is 1. The lowest BCUT2D eigenvalue weighted by molar-refractivity contribution is 0.477. The molecule has 11 heteroatoms. The smallest absolute Gasteiger partial charge is 0.296 e. The fourth-order valence-electron chi connectivity index (χ4n) is 3.14. The molecule has 0 amide bonds. The van der Waals surface area contributed by atoms with E-state index in [9.17, 15) is 31.0 Å². The Labute approximate surface area is 176 Å². The first-order valence-corrected chi connectivity index (χ1v) is 11.6. The fraction of sp³-hybridized carbons (Fsp3) is 0. The summed E-state index contributed by atoms with van der Waals surface area (Å²) < 4.78 is 65.5. The van der Waals surface area contributed by atoms with Crippen LogP contribution in [0.4, 0.5) is 11.4 Å². The van der Waals surface area contributed by atoms with Gasteiger partial charge in [-0.3, -0.25) is 9.11 Å². The molecule has 0 aliphatic heterocycles. The van der Waals surface area contributed by atoms with Gasteiger partial charge in [-0.15, -0.1) is 10.2 Å². The van der Waals surface area contributed by atoms with Crippen LogP contribution in [0.15, 0.2) is 86.7 Å². The molecule has 0 saturated carbocycles. The van der Waals surface area contributed by atoms with E-state index in [4.69, 9.17) is 0 Å². The number of nitrogens with zero attached hydrogens (tertiary/aromatic N) is 2. The summed E-state index contributed by atoms with van der Waals surface area (Å²) in [5.41, 5.74) is -0.194. The van der Waals surface area contributed by atoms with Crippen LogP contribution < -0.4 is 0 Å². The van der Waals surface area contributed by atoms with Crippen molar-refractivity contribution in [1.82, 2.24) is 0 Å². The van der Waals surface area contributed by atoms with Gasteiger partial charge in [0.15, 0.2) is 0 Å². The van der Waals surface area contributed by atoms with Crippen LogP contribution in [0.3, 0.4) is 0 Å². The summed E-state index contributed by atoms with van der Waals surface area (Å²) >= 11 is 0. The first-order valence-electron chi connectivity index (χ1n) is 8.69. The highest BCUT2D eigenvalue weighted by Crippen LogP contribution is 2.38. The van der Waals surface area contributed by atoms with Crippen LogP contribution in [0.25, 0.3) is 21.5 Å². The van der Waals surface area contributed by atoms with Gasteiger partial charge in [-0.05, 0) is 46.5 Å². The Hall–Kier alpha value is -3.38. The maximum atomic E-state index is 11.9. The SMILES string of the molecule is O=S(=O)(O)c1ccc2cc(S(=O)(=O)O)c(N=Nc3c(O)ccc4ccccc34)cc2c1. The summed E-state index contributed by atoms with van der Waals surface area (Å²) in [6.45, 7) is 0. The largest absolute Gasteiger partial charge is 0.506 e. The molecular weight excluding hydrogens is 444 g/mol. The lowest BCUT2D eigenvalue weighted by Crippen LogP contribution is -2.00. The maximum Gasteiger partial charge on any atom is 0.296 e. The molecule has 0 unspecified atom stereocenters. The minimum atomic E-state index is -4.70. The Morgan fingerprint density at radius 3 is 2.10 bits per heavy atom. The number of hydrogen-bond donors (Lipinski definition) is 3. The van der Waals surface area contributed by atoms with E-state index in [0.717, 1.165) is 23.6 Å². The molecule has 0 saturated heterocycles. The Bertz CT molecular complexity index is 1600. The van der Waals surface area contributed by atoms with E-state index >= 15 is 0 Å². The predicted molar refractivity (Wildman–Crippen MR) is 113 cm³/mol. The maximum absolute atomic E-state index is 11.9. The van der Waals surface area contributed by atoms with Crippen LogP contribution >= 0.6 is 0 Å². The molecule has 9 nitrogen and oxygen atoms in total. The van der Waals surface area contributed by atoms with E-state index in [1.165, 1.54) is 18.2 Å². The highest BCUT2D eigenvalue weighted by atomic mass is 32.2. The van der Waals surface area contributed by atoms with Gasteiger partial charge in [0.25, 0.3) is 20.2 Å². The average Bonchev–Trinajstić information content (AvgIpc) is 2.70. The van der Waals surface area contributed by atoms with Gasteiger partial charge in [0.2, 0.25) is 0 Å². The monoisotopic (exact) mass is 458 g/mol. The Morgan fingerprint density at radius 2 is 1.39 bits per heavy atom. The zero-order chi connectivity index (χ0) is 22.4. The Morgan fingerprint density at radius 1 is 0.677 bits per heavy atom. The summed E-state index contributed by atoms with van der Waals surface area (Å²) in [7, 11) is -9.19. The standard InChI is InChI=1S/C20H14N2O7S2/c23-18-8-6-12-3-1-2-4-16(12)20(18)22-21-17-10-14-9-15(30(24,25)26)7-5-13(14)11-19(17)31(27,28)29/h1-11,23H,(H,24,25,26)(H,27,28,29). The zero-order valence-electron chi connectivity index (χ0n) is 15.5. The lowest BCUT2D eigenvalue weighted by Gasteiger charge is -2.07. The first-order chi connectivity index (χ1) is 14.5. The van der Waals surface area contributed by atoms with Crippen molar-refractivity contribution >= 4 is 53.2 Å². The number of hydrogen-bond acceptors (Lipinski definition) is 7. The molecule has 3 N–H and O–H groups in total. The average molecular weight is 458 g/mol. The van der Waals surface area contributed by atoms with Crippen LogP contribution in [0.2, 0.25) is 0 Å². The van der Waals surface area contributed by atoms with Gasteiger partial charge in [0.05, 0.1) is 4.90 Å². The number of aromatic hydroxyl groups is 1. The van der Waals surface area contributed by atoms with Crippen LogP contribution in [0.1, 0.15) is 0 Å². The molecule has 4 aromatic carbocycles. The number of azo groups is 1. The van der Waals surface area contributed by atoms with Gasteiger partial charge < -0.3 is 5.11 Å². The zero-order valence-corrected chi connectivity index (χ0v) is 17.2. The Balaban J connectivity index is 1.95. The minimum absolute atomic E-state index is 0.0890. The summed E-state index contributed by atoms with van der Waals surface area (Å²) in [5.74, 6) is -0.190. The predicted octanol–water partition coefficient (Wildman–Crippen LogP) is 4.61. The third-order valence-electron chi connectivity index (χ3n) is 4.60. The summed E-state index contributed by atoms with van der Waals surface area (Å²) in [5, 5.41) is 19.9. The van der Waals surface area contributed by atoms with Crippen molar-refractivity contribution in [2.45, 2.75) is 9.79 Å². The summed E-state index contributed by atoms with van der Waals surface area (Å²) in [4.78, 5) is -0.947. The normalized spacial score (nSPS) is 12.7. The van der Waals surface area contributed by atoms with E-state index in [-0.39, 0.29) is 27.9 Å². The van der Waals surface area contributed by atoms with Gasteiger partial charge in [0.1, 0.15) is 22.0 Å². The molecular formula is C20H14N2O7S2. The highest BCUT2D eigenvalue weighted by Gasteiger charge is 2.19. The highest BCUT2D eigenvalue weighted by molar-refractivity contribution is 7.86. The molecule has 158 valence electrons. The third-order valence-corrected chi connectivity index (χ3v) is 6.33. The summed E-state index contributed by atoms with van der Waals surface area (Å²) in [6.07, 6.45) is 0. The molecule has 0 spiro atoms. The van der Waals surface area contributed by atoms with E-state index < -0.39 is 30.0 Å². The molecule has 0 aliphatic carbocycles. The second-order valence-electron chi connectivity index (χ2n) is 6.63.